The first-order chi connectivity index (χ1) is 10.5. The Balaban J connectivity index is 1.63. The number of aromatic carboxylic acids is 1. The van der Waals surface area contributed by atoms with Crippen molar-refractivity contribution in [1.29, 1.82) is 0 Å². The fourth-order valence-corrected chi connectivity index (χ4v) is 2.52. The van der Waals surface area contributed by atoms with Gasteiger partial charge in [0.1, 0.15) is 6.26 Å². The molecule has 22 heavy (non-hydrogen) atoms. The SMILES string of the molecule is Cc1noc(C2CCN(C(=O)c3cc(C(=O)O)co3)CC2)n1. The van der Waals surface area contributed by atoms with E-state index in [0.29, 0.717) is 24.8 Å². The predicted octanol–water partition coefficient (Wildman–Crippen LogP) is 1.69. The van der Waals surface area contributed by atoms with Gasteiger partial charge in [0, 0.05) is 25.1 Å². The zero-order valence-corrected chi connectivity index (χ0v) is 12.0. The first-order valence-corrected chi connectivity index (χ1v) is 6.96. The van der Waals surface area contributed by atoms with Crippen LogP contribution in [0.2, 0.25) is 0 Å². The van der Waals surface area contributed by atoms with E-state index < -0.39 is 5.97 Å². The molecule has 3 heterocycles. The fourth-order valence-electron chi connectivity index (χ4n) is 2.52. The van der Waals surface area contributed by atoms with Crippen molar-refractivity contribution >= 4 is 11.9 Å². The summed E-state index contributed by atoms with van der Waals surface area (Å²) in [5.41, 5.74) is -0.0282. The smallest absolute Gasteiger partial charge is 0.338 e. The van der Waals surface area contributed by atoms with Crippen molar-refractivity contribution in [1.82, 2.24) is 15.0 Å². The number of furan rings is 1. The molecule has 0 aliphatic carbocycles. The lowest BCUT2D eigenvalue weighted by atomic mass is 9.96. The molecule has 0 atom stereocenters. The number of nitrogens with zero attached hydrogens (tertiary/aromatic N) is 3. The quantitative estimate of drug-likeness (QED) is 0.918. The molecular formula is C14H15N3O5. The number of carboxylic acids is 1. The van der Waals surface area contributed by atoms with Gasteiger partial charge in [-0.2, -0.15) is 4.98 Å². The van der Waals surface area contributed by atoms with Gasteiger partial charge < -0.3 is 18.9 Å². The van der Waals surface area contributed by atoms with Crippen molar-refractivity contribution in [3.05, 3.63) is 35.4 Å². The molecule has 8 heteroatoms. The van der Waals surface area contributed by atoms with E-state index >= 15 is 0 Å². The van der Waals surface area contributed by atoms with Crippen LogP contribution in [0.4, 0.5) is 0 Å². The zero-order valence-electron chi connectivity index (χ0n) is 12.0. The summed E-state index contributed by atoms with van der Waals surface area (Å²) >= 11 is 0. The molecule has 1 fully saturated rings. The van der Waals surface area contributed by atoms with E-state index in [1.165, 1.54) is 6.07 Å². The van der Waals surface area contributed by atoms with Crippen LogP contribution in [-0.4, -0.2) is 45.1 Å². The van der Waals surface area contributed by atoms with Crippen LogP contribution in [0.15, 0.2) is 21.3 Å². The molecule has 0 spiro atoms. The van der Waals surface area contributed by atoms with Crippen LogP contribution >= 0.6 is 0 Å². The van der Waals surface area contributed by atoms with Gasteiger partial charge in [0.05, 0.1) is 5.56 Å². The molecule has 1 amide bonds. The van der Waals surface area contributed by atoms with Crippen molar-refractivity contribution in [3.8, 4) is 0 Å². The number of carbonyl (C=O) groups is 2. The van der Waals surface area contributed by atoms with Gasteiger partial charge in [-0.25, -0.2) is 4.79 Å². The van der Waals surface area contributed by atoms with Gasteiger partial charge in [-0.05, 0) is 19.8 Å². The van der Waals surface area contributed by atoms with Crippen LogP contribution in [0.3, 0.4) is 0 Å². The van der Waals surface area contributed by atoms with Crippen molar-refractivity contribution in [3.63, 3.8) is 0 Å². The number of carboxylic acid groups (broad SMARTS) is 1. The molecule has 116 valence electrons. The van der Waals surface area contributed by atoms with Gasteiger partial charge in [0.25, 0.3) is 5.91 Å². The summed E-state index contributed by atoms with van der Waals surface area (Å²) in [7, 11) is 0. The maximum Gasteiger partial charge on any atom is 0.338 e. The molecular weight excluding hydrogens is 290 g/mol. The highest BCUT2D eigenvalue weighted by molar-refractivity contribution is 5.95. The highest BCUT2D eigenvalue weighted by Gasteiger charge is 2.29. The topological polar surface area (TPSA) is 110 Å². The van der Waals surface area contributed by atoms with Crippen LogP contribution in [-0.2, 0) is 0 Å². The number of aromatic nitrogens is 2. The third kappa shape index (κ3) is 2.72. The number of amides is 1. The van der Waals surface area contributed by atoms with E-state index in [2.05, 4.69) is 10.1 Å². The average molecular weight is 305 g/mol. The number of carbonyl (C=O) groups excluding carboxylic acids is 1. The van der Waals surface area contributed by atoms with Crippen molar-refractivity contribution in [2.45, 2.75) is 25.7 Å². The molecule has 2 aromatic heterocycles. The van der Waals surface area contributed by atoms with E-state index in [9.17, 15) is 9.59 Å². The lowest BCUT2D eigenvalue weighted by Gasteiger charge is -2.29. The molecule has 8 nitrogen and oxygen atoms in total. The second-order valence-electron chi connectivity index (χ2n) is 5.25. The number of hydrogen-bond acceptors (Lipinski definition) is 6. The van der Waals surface area contributed by atoms with Gasteiger partial charge in [-0.1, -0.05) is 5.16 Å². The van der Waals surface area contributed by atoms with Crippen LogP contribution in [0.1, 0.15) is 51.4 Å². The molecule has 1 saturated heterocycles. The van der Waals surface area contributed by atoms with Gasteiger partial charge in [0.15, 0.2) is 11.6 Å². The molecule has 0 radical (unpaired) electrons. The number of aryl methyl sites for hydroxylation is 1. The van der Waals surface area contributed by atoms with Gasteiger partial charge in [-0.3, -0.25) is 4.79 Å². The van der Waals surface area contributed by atoms with Crippen molar-refractivity contribution in [2.75, 3.05) is 13.1 Å². The minimum Gasteiger partial charge on any atom is -0.478 e. The highest BCUT2D eigenvalue weighted by Crippen LogP contribution is 2.27. The molecule has 1 aliphatic heterocycles. The Morgan fingerprint density at radius 1 is 1.36 bits per heavy atom. The van der Waals surface area contributed by atoms with Crippen molar-refractivity contribution in [2.24, 2.45) is 0 Å². The largest absolute Gasteiger partial charge is 0.478 e. The first kappa shape index (κ1) is 14.3. The third-order valence-corrected chi connectivity index (χ3v) is 3.73. The Morgan fingerprint density at radius 3 is 2.64 bits per heavy atom. The van der Waals surface area contributed by atoms with E-state index in [1.54, 1.807) is 11.8 Å². The average Bonchev–Trinajstić information content (AvgIpc) is 3.16. The summed E-state index contributed by atoms with van der Waals surface area (Å²) in [6, 6.07) is 1.25. The molecule has 3 rings (SSSR count). The predicted molar refractivity (Wildman–Crippen MR) is 72.6 cm³/mol. The molecule has 0 unspecified atom stereocenters. The highest BCUT2D eigenvalue weighted by atomic mass is 16.5. The maximum absolute atomic E-state index is 12.3. The summed E-state index contributed by atoms with van der Waals surface area (Å²) in [5.74, 6) is -0.0112. The Kier molecular flexibility index (Phi) is 3.66. The van der Waals surface area contributed by atoms with Crippen LogP contribution in [0.25, 0.3) is 0 Å². The molecule has 0 bridgehead atoms. The first-order valence-electron chi connectivity index (χ1n) is 6.96. The van der Waals surface area contributed by atoms with Gasteiger partial charge in [0.2, 0.25) is 5.89 Å². The maximum atomic E-state index is 12.3. The summed E-state index contributed by atoms with van der Waals surface area (Å²) in [6.45, 7) is 2.84. The zero-order chi connectivity index (χ0) is 15.7. The molecule has 0 aromatic carbocycles. The number of piperidine rings is 1. The second-order valence-corrected chi connectivity index (χ2v) is 5.25. The molecule has 1 N–H and O–H groups in total. The standard InChI is InChI=1S/C14H15N3O5/c1-8-15-12(22-16-8)9-2-4-17(5-3-9)13(18)11-6-10(7-21-11)14(19)20/h6-7,9H,2-5H2,1H3,(H,19,20). The van der Waals surface area contributed by atoms with Gasteiger partial charge >= 0.3 is 5.97 Å². The summed E-state index contributed by atoms with van der Waals surface area (Å²) in [6.07, 6.45) is 2.52. The number of likely N-dealkylation sites (tertiary alicyclic amines) is 1. The van der Waals surface area contributed by atoms with E-state index in [4.69, 9.17) is 14.0 Å². The Bertz CT molecular complexity index is 697. The Hall–Kier alpha value is -2.64. The van der Waals surface area contributed by atoms with Crippen LogP contribution in [0.5, 0.6) is 0 Å². The minimum atomic E-state index is -1.12. The normalized spacial score (nSPS) is 16.0. The Labute approximate surface area is 125 Å². The van der Waals surface area contributed by atoms with Gasteiger partial charge in [-0.15, -0.1) is 0 Å². The molecule has 2 aromatic rings. The number of rotatable bonds is 3. The minimum absolute atomic E-state index is 0.0282. The molecule has 0 saturated carbocycles. The van der Waals surface area contributed by atoms with E-state index in [0.717, 1.165) is 19.1 Å². The summed E-state index contributed by atoms with van der Waals surface area (Å²) < 4.78 is 10.2. The molecule has 1 aliphatic rings. The monoisotopic (exact) mass is 305 g/mol. The second kappa shape index (κ2) is 5.63. The van der Waals surface area contributed by atoms with E-state index in [1.807, 2.05) is 0 Å². The third-order valence-electron chi connectivity index (χ3n) is 3.73. The van der Waals surface area contributed by atoms with Crippen molar-refractivity contribution < 1.29 is 23.6 Å². The lowest BCUT2D eigenvalue weighted by Crippen LogP contribution is -2.37. The van der Waals surface area contributed by atoms with E-state index in [-0.39, 0.29) is 23.1 Å². The number of hydrogen-bond donors (Lipinski definition) is 1. The summed E-state index contributed by atoms with van der Waals surface area (Å²) in [5, 5.41) is 12.6. The summed E-state index contributed by atoms with van der Waals surface area (Å²) in [4.78, 5) is 28.9. The fraction of sp³-hybridized carbons (Fsp3) is 0.429. The van der Waals surface area contributed by atoms with Crippen LogP contribution in [0, 0.1) is 6.92 Å². The lowest BCUT2D eigenvalue weighted by molar-refractivity contribution is 0.0670. The Morgan fingerprint density at radius 2 is 2.09 bits per heavy atom. The van der Waals surface area contributed by atoms with Crippen LogP contribution < -0.4 is 0 Å².